The second-order valence-electron chi connectivity index (χ2n) is 3.94. The number of hydrogen-bond donors (Lipinski definition) is 1. The lowest BCUT2D eigenvalue weighted by molar-refractivity contribution is 0.0440. The molecule has 1 atom stereocenters. The van der Waals surface area contributed by atoms with Crippen molar-refractivity contribution in [3.05, 3.63) is 35.9 Å². The van der Waals surface area contributed by atoms with Gasteiger partial charge in [0.05, 0.1) is 12.2 Å². The van der Waals surface area contributed by atoms with E-state index in [4.69, 9.17) is 9.84 Å². The Morgan fingerprint density at radius 1 is 1.38 bits per heavy atom. The average Bonchev–Trinajstić information content (AvgIpc) is 2.34. The average molecular weight is 222 g/mol. The van der Waals surface area contributed by atoms with E-state index in [9.17, 15) is 4.79 Å². The summed E-state index contributed by atoms with van der Waals surface area (Å²) in [5.74, 6) is 0.0104. The highest BCUT2D eigenvalue weighted by Gasteiger charge is 2.08. The third-order valence-electron chi connectivity index (χ3n) is 2.36. The van der Waals surface area contributed by atoms with Crippen molar-refractivity contribution in [2.45, 2.75) is 19.8 Å². The Balaban J connectivity index is 2.30. The molecule has 16 heavy (non-hydrogen) atoms. The first kappa shape index (κ1) is 12.7. The van der Waals surface area contributed by atoms with Crippen LogP contribution in [0, 0.1) is 5.92 Å². The van der Waals surface area contributed by atoms with E-state index in [1.807, 2.05) is 25.1 Å². The topological polar surface area (TPSA) is 46.5 Å². The van der Waals surface area contributed by atoms with Crippen molar-refractivity contribution in [1.82, 2.24) is 0 Å². The summed E-state index contributed by atoms with van der Waals surface area (Å²) in [6.45, 7) is 2.61. The maximum atomic E-state index is 11.6. The van der Waals surface area contributed by atoms with Crippen molar-refractivity contribution in [2.75, 3.05) is 13.2 Å². The van der Waals surface area contributed by atoms with Gasteiger partial charge in [-0.1, -0.05) is 25.1 Å². The smallest absolute Gasteiger partial charge is 0.338 e. The van der Waals surface area contributed by atoms with Crippen LogP contribution in [0.25, 0.3) is 0 Å². The number of aliphatic hydroxyl groups excluding tert-OH is 1. The minimum absolute atomic E-state index is 0.191. The Kier molecular flexibility index (Phi) is 5.57. The molecule has 0 spiro atoms. The van der Waals surface area contributed by atoms with E-state index in [0.717, 1.165) is 12.8 Å². The Bertz CT molecular complexity index is 308. The molecule has 0 aliphatic carbocycles. The third-order valence-corrected chi connectivity index (χ3v) is 2.36. The lowest BCUT2D eigenvalue weighted by atomic mass is 10.1. The van der Waals surface area contributed by atoms with Gasteiger partial charge in [-0.05, 0) is 30.9 Å². The fraction of sp³-hybridized carbons (Fsp3) is 0.462. The van der Waals surface area contributed by atoms with Gasteiger partial charge in [0.2, 0.25) is 0 Å². The lowest BCUT2D eigenvalue weighted by Gasteiger charge is -2.11. The minimum Gasteiger partial charge on any atom is -0.462 e. The van der Waals surface area contributed by atoms with Gasteiger partial charge in [0.25, 0.3) is 0 Å². The van der Waals surface area contributed by atoms with E-state index in [1.54, 1.807) is 12.1 Å². The van der Waals surface area contributed by atoms with Crippen LogP contribution in [0.15, 0.2) is 30.3 Å². The summed E-state index contributed by atoms with van der Waals surface area (Å²) >= 11 is 0. The van der Waals surface area contributed by atoms with Gasteiger partial charge in [-0.25, -0.2) is 4.79 Å². The molecular formula is C13H18O3. The van der Waals surface area contributed by atoms with Crippen molar-refractivity contribution in [2.24, 2.45) is 5.92 Å². The number of carbonyl (C=O) groups is 1. The van der Waals surface area contributed by atoms with Crippen LogP contribution < -0.4 is 0 Å². The molecule has 0 saturated heterocycles. The Morgan fingerprint density at radius 2 is 2.06 bits per heavy atom. The molecular weight excluding hydrogens is 204 g/mol. The van der Waals surface area contributed by atoms with Crippen LogP contribution in [0.2, 0.25) is 0 Å². The fourth-order valence-electron chi connectivity index (χ4n) is 1.40. The van der Waals surface area contributed by atoms with Crippen LogP contribution in [-0.2, 0) is 4.74 Å². The first-order valence-corrected chi connectivity index (χ1v) is 5.57. The molecule has 1 rings (SSSR count). The van der Waals surface area contributed by atoms with Crippen LogP contribution in [-0.4, -0.2) is 24.3 Å². The monoisotopic (exact) mass is 222 g/mol. The standard InChI is InChI=1S/C13H18O3/c1-11(6-5-9-14)10-16-13(15)12-7-3-2-4-8-12/h2-4,7-8,11,14H,5-6,9-10H2,1H3. The molecule has 0 aliphatic rings. The molecule has 0 heterocycles. The largest absolute Gasteiger partial charge is 0.462 e. The van der Waals surface area contributed by atoms with Gasteiger partial charge in [-0.3, -0.25) is 0 Å². The molecule has 0 fully saturated rings. The molecule has 0 amide bonds. The summed E-state index contributed by atoms with van der Waals surface area (Å²) < 4.78 is 5.17. The third kappa shape index (κ3) is 4.45. The van der Waals surface area contributed by atoms with Gasteiger partial charge in [0.1, 0.15) is 0 Å². The van der Waals surface area contributed by atoms with Gasteiger partial charge in [-0.15, -0.1) is 0 Å². The highest BCUT2D eigenvalue weighted by atomic mass is 16.5. The Morgan fingerprint density at radius 3 is 2.69 bits per heavy atom. The van der Waals surface area contributed by atoms with E-state index in [1.165, 1.54) is 0 Å². The highest BCUT2D eigenvalue weighted by molar-refractivity contribution is 5.89. The van der Waals surface area contributed by atoms with Crippen molar-refractivity contribution in [1.29, 1.82) is 0 Å². The van der Waals surface area contributed by atoms with Gasteiger partial charge in [-0.2, -0.15) is 0 Å². The fourth-order valence-corrected chi connectivity index (χ4v) is 1.40. The zero-order valence-electron chi connectivity index (χ0n) is 9.56. The zero-order valence-corrected chi connectivity index (χ0v) is 9.56. The summed E-state index contributed by atoms with van der Waals surface area (Å²) in [5, 5.41) is 8.66. The van der Waals surface area contributed by atoms with Crippen molar-refractivity contribution < 1.29 is 14.6 Å². The van der Waals surface area contributed by atoms with Crippen LogP contribution >= 0.6 is 0 Å². The molecule has 0 saturated carbocycles. The predicted molar refractivity (Wildman–Crippen MR) is 62.2 cm³/mol. The molecule has 1 aromatic rings. The second-order valence-corrected chi connectivity index (χ2v) is 3.94. The second kappa shape index (κ2) is 7.01. The number of esters is 1. The van der Waals surface area contributed by atoms with E-state index >= 15 is 0 Å². The molecule has 1 unspecified atom stereocenters. The molecule has 0 bridgehead atoms. The molecule has 3 nitrogen and oxygen atoms in total. The van der Waals surface area contributed by atoms with Crippen molar-refractivity contribution in [3.8, 4) is 0 Å². The molecule has 88 valence electrons. The summed E-state index contributed by atoms with van der Waals surface area (Å²) in [5.41, 5.74) is 0.580. The normalized spacial score (nSPS) is 12.1. The van der Waals surface area contributed by atoms with Gasteiger partial charge < -0.3 is 9.84 Å². The number of aliphatic hydroxyl groups is 1. The highest BCUT2D eigenvalue weighted by Crippen LogP contribution is 2.08. The van der Waals surface area contributed by atoms with E-state index in [-0.39, 0.29) is 12.6 Å². The summed E-state index contributed by atoms with van der Waals surface area (Å²) in [6.07, 6.45) is 1.63. The summed E-state index contributed by atoms with van der Waals surface area (Å²) in [4.78, 5) is 11.6. The number of rotatable bonds is 6. The molecule has 0 aromatic heterocycles. The molecule has 0 aliphatic heterocycles. The molecule has 0 radical (unpaired) electrons. The van der Waals surface area contributed by atoms with Crippen LogP contribution in [0.3, 0.4) is 0 Å². The Hall–Kier alpha value is -1.35. The van der Waals surface area contributed by atoms with Gasteiger partial charge in [0, 0.05) is 6.61 Å². The Labute approximate surface area is 96.1 Å². The van der Waals surface area contributed by atoms with Crippen LogP contribution in [0.4, 0.5) is 0 Å². The maximum absolute atomic E-state index is 11.6. The van der Waals surface area contributed by atoms with E-state index in [0.29, 0.717) is 18.1 Å². The molecule has 1 aromatic carbocycles. The number of benzene rings is 1. The van der Waals surface area contributed by atoms with E-state index < -0.39 is 0 Å². The van der Waals surface area contributed by atoms with Crippen LogP contribution in [0.5, 0.6) is 0 Å². The first-order valence-electron chi connectivity index (χ1n) is 5.57. The number of ether oxygens (including phenoxy) is 1. The predicted octanol–water partition coefficient (Wildman–Crippen LogP) is 2.25. The lowest BCUT2D eigenvalue weighted by Crippen LogP contribution is -2.12. The quantitative estimate of drug-likeness (QED) is 0.751. The first-order chi connectivity index (χ1) is 7.74. The minimum atomic E-state index is -0.281. The molecule has 1 N–H and O–H groups in total. The van der Waals surface area contributed by atoms with Gasteiger partial charge >= 0.3 is 5.97 Å². The zero-order chi connectivity index (χ0) is 11.8. The van der Waals surface area contributed by atoms with Crippen LogP contribution in [0.1, 0.15) is 30.1 Å². The number of hydrogen-bond acceptors (Lipinski definition) is 3. The van der Waals surface area contributed by atoms with Crippen molar-refractivity contribution in [3.63, 3.8) is 0 Å². The molecule has 3 heteroatoms. The number of carbonyl (C=O) groups excluding carboxylic acids is 1. The summed E-state index contributed by atoms with van der Waals surface area (Å²) in [7, 11) is 0. The van der Waals surface area contributed by atoms with Gasteiger partial charge in [0.15, 0.2) is 0 Å². The SMILES string of the molecule is CC(CCCO)COC(=O)c1ccccc1. The summed E-state index contributed by atoms with van der Waals surface area (Å²) in [6, 6.07) is 8.96. The van der Waals surface area contributed by atoms with Crippen molar-refractivity contribution >= 4 is 5.97 Å². The van der Waals surface area contributed by atoms with E-state index in [2.05, 4.69) is 0 Å². The maximum Gasteiger partial charge on any atom is 0.338 e.